The molecule has 4 rings (SSSR count). The van der Waals surface area contributed by atoms with Crippen LogP contribution in [0.1, 0.15) is 39.0 Å². The minimum Gasteiger partial charge on any atom is -0.376 e. The van der Waals surface area contributed by atoms with Crippen LogP contribution in [0.4, 0.5) is 13.2 Å². The first-order valence-corrected chi connectivity index (χ1v) is 10.5. The van der Waals surface area contributed by atoms with Crippen molar-refractivity contribution < 1.29 is 27.5 Å². The molecule has 2 saturated carbocycles. The lowest BCUT2D eigenvalue weighted by molar-refractivity contribution is -0.125. The first kappa shape index (κ1) is 21.2. The molecule has 2 amide bonds. The van der Waals surface area contributed by atoms with Crippen molar-refractivity contribution in [1.82, 2.24) is 10.6 Å². The van der Waals surface area contributed by atoms with Crippen LogP contribution in [0.2, 0.25) is 0 Å². The van der Waals surface area contributed by atoms with Crippen molar-refractivity contribution in [3.8, 4) is 6.07 Å². The van der Waals surface area contributed by atoms with Crippen LogP contribution in [-0.4, -0.2) is 55.1 Å². The number of hydrogen-bond acceptors (Lipinski definition) is 4. The van der Waals surface area contributed by atoms with Gasteiger partial charge in [-0.15, -0.1) is 0 Å². The lowest BCUT2D eigenvalue weighted by atomic mass is 9.73. The van der Waals surface area contributed by atoms with Gasteiger partial charge in [0.25, 0.3) is 0 Å². The van der Waals surface area contributed by atoms with E-state index in [0.29, 0.717) is 18.4 Å². The maximum Gasteiger partial charge on any atom is 0.247 e. The van der Waals surface area contributed by atoms with Crippen molar-refractivity contribution in [2.24, 2.45) is 17.8 Å². The molecular formula is C21H26F3N3O3. The largest absolute Gasteiger partial charge is 0.376 e. The summed E-state index contributed by atoms with van der Waals surface area (Å²) in [5.41, 5.74) is 0.554. The second kappa shape index (κ2) is 8.22. The van der Waals surface area contributed by atoms with Crippen molar-refractivity contribution in [3.63, 3.8) is 0 Å². The van der Waals surface area contributed by atoms with Gasteiger partial charge in [-0.25, -0.2) is 13.2 Å². The zero-order chi connectivity index (χ0) is 21.6. The average molecular weight is 425 g/mol. The lowest BCUT2D eigenvalue weighted by Crippen LogP contribution is -2.54. The molecular weight excluding hydrogens is 399 g/mol. The molecule has 2 aliphatic heterocycles. The number of hydrogen-bond donors (Lipinski definition) is 2. The van der Waals surface area contributed by atoms with E-state index in [1.54, 1.807) is 6.92 Å². The molecule has 0 radical (unpaired) electrons. The number of ether oxygens (including phenoxy) is 1. The summed E-state index contributed by atoms with van der Waals surface area (Å²) in [6, 6.07) is 1.08. The van der Waals surface area contributed by atoms with E-state index in [9.17, 15) is 22.8 Å². The summed E-state index contributed by atoms with van der Waals surface area (Å²) < 4.78 is 48.5. The van der Waals surface area contributed by atoms with Crippen LogP contribution in [0.3, 0.4) is 0 Å². The summed E-state index contributed by atoms with van der Waals surface area (Å²) >= 11 is 0. The maximum absolute atomic E-state index is 14.6. The van der Waals surface area contributed by atoms with Gasteiger partial charge in [0.05, 0.1) is 37.2 Å². The number of nitriles is 1. The number of fused-ring (bicyclic) bond motifs is 2. The highest BCUT2D eigenvalue weighted by Crippen LogP contribution is 2.40. The van der Waals surface area contributed by atoms with Crippen LogP contribution in [0.15, 0.2) is 11.1 Å². The Kier molecular flexibility index (Phi) is 5.80. The molecule has 3 fully saturated rings. The Morgan fingerprint density at radius 2 is 2.03 bits per heavy atom. The number of carbonyl (C=O) groups excluding carboxylic acids is 2. The van der Waals surface area contributed by atoms with Crippen LogP contribution >= 0.6 is 0 Å². The molecule has 6 nitrogen and oxygen atoms in total. The van der Waals surface area contributed by atoms with Gasteiger partial charge in [-0.2, -0.15) is 5.26 Å². The highest BCUT2D eigenvalue weighted by Gasteiger charge is 2.49. The molecule has 0 aromatic rings. The van der Waals surface area contributed by atoms with Crippen molar-refractivity contribution >= 4 is 11.8 Å². The van der Waals surface area contributed by atoms with Gasteiger partial charge in [0.1, 0.15) is 18.5 Å². The summed E-state index contributed by atoms with van der Waals surface area (Å²) in [7, 11) is 0. The molecule has 8 unspecified atom stereocenters. The van der Waals surface area contributed by atoms with Gasteiger partial charge in [-0.1, -0.05) is 5.57 Å². The molecule has 9 atom stereocenters. The predicted octanol–water partition coefficient (Wildman–Crippen LogP) is 2.05. The average Bonchev–Trinajstić information content (AvgIpc) is 3.10. The molecule has 2 heterocycles. The SMILES string of the molecule is CC1=C(CC(=O)N[C@H]2COC3CC(C#N)CC(F)C32)C(=O)NC2CCC(F)C(F)C12. The van der Waals surface area contributed by atoms with Crippen molar-refractivity contribution in [2.75, 3.05) is 6.61 Å². The first-order chi connectivity index (χ1) is 14.3. The quantitative estimate of drug-likeness (QED) is 0.724. The molecule has 0 bridgehead atoms. The Labute approximate surface area is 173 Å². The highest BCUT2D eigenvalue weighted by atomic mass is 19.2. The topological polar surface area (TPSA) is 91.2 Å². The third-order valence-electron chi connectivity index (χ3n) is 7.14. The molecule has 30 heavy (non-hydrogen) atoms. The van der Waals surface area contributed by atoms with E-state index in [2.05, 4.69) is 16.7 Å². The second-order valence-electron chi connectivity index (χ2n) is 8.92. The molecule has 9 heteroatoms. The number of nitrogens with zero attached hydrogens (tertiary/aromatic N) is 1. The monoisotopic (exact) mass is 425 g/mol. The number of alkyl halides is 3. The van der Waals surface area contributed by atoms with Crippen LogP contribution in [0, 0.1) is 29.1 Å². The minimum atomic E-state index is -1.71. The van der Waals surface area contributed by atoms with Gasteiger partial charge in [0, 0.05) is 23.5 Å². The van der Waals surface area contributed by atoms with Crippen LogP contribution < -0.4 is 10.6 Å². The van der Waals surface area contributed by atoms with Gasteiger partial charge in [0.15, 0.2) is 0 Å². The van der Waals surface area contributed by atoms with Crippen LogP contribution in [-0.2, 0) is 14.3 Å². The summed E-state index contributed by atoms with van der Waals surface area (Å²) in [5.74, 6) is -2.62. The molecule has 0 spiro atoms. The Morgan fingerprint density at radius 3 is 2.77 bits per heavy atom. The standard InChI is InChI=1S/C21H26F3N3O3/c1-9-11(21(29)27-14-3-2-12(22)20(24)18(9)14)6-17(28)26-15-8-30-16-5-10(7-25)4-13(23)19(15)16/h10,12-16,18-20H,2-6,8H2,1H3,(H,26,28)(H,27,29)/t10?,12?,13?,14?,15-,16?,18?,19?,20?/m0/s1. The number of carbonyl (C=O) groups is 2. The highest BCUT2D eigenvalue weighted by molar-refractivity contribution is 6.00. The fraction of sp³-hybridized carbons (Fsp3) is 0.762. The molecule has 164 valence electrons. The van der Waals surface area contributed by atoms with Gasteiger partial charge < -0.3 is 15.4 Å². The Bertz CT molecular complexity index is 798. The van der Waals surface area contributed by atoms with E-state index in [4.69, 9.17) is 10.00 Å². The first-order valence-electron chi connectivity index (χ1n) is 10.5. The summed E-state index contributed by atoms with van der Waals surface area (Å²) in [5, 5.41) is 14.5. The van der Waals surface area contributed by atoms with Gasteiger partial charge in [0.2, 0.25) is 11.8 Å². The van der Waals surface area contributed by atoms with Crippen molar-refractivity contribution in [1.29, 1.82) is 5.26 Å². The Balaban J connectivity index is 1.44. The lowest BCUT2D eigenvalue weighted by Gasteiger charge is -2.41. The summed E-state index contributed by atoms with van der Waals surface area (Å²) in [6.07, 6.45) is -4.27. The number of halogens is 3. The normalized spacial score (nSPS) is 43.3. The van der Waals surface area contributed by atoms with Crippen LogP contribution in [0.25, 0.3) is 0 Å². The zero-order valence-corrected chi connectivity index (χ0v) is 16.7. The van der Waals surface area contributed by atoms with E-state index >= 15 is 0 Å². The summed E-state index contributed by atoms with van der Waals surface area (Å²) in [6.45, 7) is 1.73. The summed E-state index contributed by atoms with van der Waals surface area (Å²) in [4.78, 5) is 25.1. The molecule has 1 saturated heterocycles. The second-order valence-corrected chi connectivity index (χ2v) is 8.92. The zero-order valence-electron chi connectivity index (χ0n) is 16.7. The number of rotatable bonds is 3. The fourth-order valence-corrected chi connectivity index (χ4v) is 5.57. The fourth-order valence-electron chi connectivity index (χ4n) is 5.57. The van der Waals surface area contributed by atoms with E-state index in [0.717, 1.165) is 0 Å². The van der Waals surface area contributed by atoms with Gasteiger partial charge in [-0.05, 0) is 32.6 Å². The van der Waals surface area contributed by atoms with Gasteiger partial charge >= 0.3 is 0 Å². The molecule has 2 aliphatic carbocycles. The minimum absolute atomic E-state index is 0.0625. The molecule has 2 N–H and O–H groups in total. The van der Waals surface area contributed by atoms with Crippen molar-refractivity contribution in [3.05, 3.63) is 11.1 Å². The maximum atomic E-state index is 14.6. The third kappa shape index (κ3) is 3.70. The third-order valence-corrected chi connectivity index (χ3v) is 7.14. The number of nitrogens with one attached hydrogen (secondary N) is 2. The Morgan fingerprint density at radius 1 is 1.27 bits per heavy atom. The number of amides is 2. The molecule has 0 aromatic carbocycles. The van der Waals surface area contributed by atoms with Gasteiger partial charge in [-0.3, -0.25) is 9.59 Å². The van der Waals surface area contributed by atoms with E-state index in [1.807, 2.05) is 0 Å². The molecule has 0 aromatic heterocycles. The van der Waals surface area contributed by atoms with Crippen LogP contribution in [0.5, 0.6) is 0 Å². The predicted molar refractivity (Wildman–Crippen MR) is 100 cm³/mol. The molecule has 4 aliphatic rings. The van der Waals surface area contributed by atoms with E-state index < -0.39 is 66.3 Å². The smallest absolute Gasteiger partial charge is 0.247 e. The Hall–Kier alpha value is -2.08. The van der Waals surface area contributed by atoms with Crippen molar-refractivity contribution in [2.45, 2.75) is 75.7 Å². The van der Waals surface area contributed by atoms with E-state index in [1.165, 1.54) is 0 Å². The van der Waals surface area contributed by atoms with E-state index in [-0.39, 0.29) is 31.4 Å².